The number of ether oxygens (including phenoxy) is 2. The molecule has 0 fully saturated rings. The molecule has 1 rings (SSSR count). The van der Waals surface area contributed by atoms with Gasteiger partial charge in [0.15, 0.2) is 6.29 Å². The summed E-state index contributed by atoms with van der Waals surface area (Å²) in [5.41, 5.74) is 5.84. The molecule has 3 N–H and O–H groups in total. The van der Waals surface area contributed by atoms with E-state index in [4.69, 9.17) is 15.2 Å². The minimum Gasteiger partial charge on any atom is -0.375 e. The van der Waals surface area contributed by atoms with Crippen LogP contribution in [0.15, 0.2) is 12.4 Å². The number of primary amides is 1. The Morgan fingerprint density at radius 2 is 2.24 bits per heavy atom. The van der Waals surface area contributed by atoms with Crippen molar-refractivity contribution in [3.8, 4) is 0 Å². The molecule has 0 saturated carbocycles. The second kappa shape index (κ2) is 6.21. The molecule has 7 heteroatoms. The van der Waals surface area contributed by atoms with E-state index in [0.717, 1.165) is 5.69 Å². The molecule has 96 valence electrons. The van der Waals surface area contributed by atoms with E-state index in [1.54, 1.807) is 26.6 Å². The summed E-state index contributed by atoms with van der Waals surface area (Å²) in [6, 6.07) is -0.0452. The van der Waals surface area contributed by atoms with Gasteiger partial charge in [0.1, 0.15) is 6.54 Å². The van der Waals surface area contributed by atoms with Gasteiger partial charge in [0.2, 0.25) is 5.91 Å². The molecule has 0 bridgehead atoms. The van der Waals surface area contributed by atoms with E-state index >= 15 is 0 Å². The third kappa shape index (κ3) is 4.04. The molecule has 0 radical (unpaired) electrons. The van der Waals surface area contributed by atoms with Crippen molar-refractivity contribution in [1.82, 2.24) is 9.78 Å². The monoisotopic (exact) mass is 242 g/mol. The highest BCUT2D eigenvalue weighted by molar-refractivity contribution is 5.73. The number of hydrogen-bond acceptors (Lipinski definition) is 5. The first kappa shape index (κ1) is 13.5. The molecule has 0 aliphatic carbocycles. The lowest BCUT2D eigenvalue weighted by atomic mass is 10.3. The Hall–Kier alpha value is -1.60. The first-order valence-electron chi connectivity index (χ1n) is 5.19. The van der Waals surface area contributed by atoms with E-state index < -0.39 is 5.91 Å². The SMILES string of the molecule is COC(OC)C(C)Nc1cnn(CC(N)=O)c1. The number of nitrogens with one attached hydrogen (secondary N) is 1. The minimum absolute atomic E-state index is 0.0452. The summed E-state index contributed by atoms with van der Waals surface area (Å²) in [5.74, 6) is -0.431. The first-order chi connectivity index (χ1) is 8.06. The number of hydrogen-bond donors (Lipinski definition) is 2. The van der Waals surface area contributed by atoms with Crippen molar-refractivity contribution in [3.05, 3.63) is 12.4 Å². The Labute approximate surface area is 99.9 Å². The van der Waals surface area contributed by atoms with Crippen molar-refractivity contribution in [2.75, 3.05) is 19.5 Å². The summed E-state index contributed by atoms with van der Waals surface area (Å²) in [6.45, 7) is 1.98. The van der Waals surface area contributed by atoms with Crippen molar-refractivity contribution in [1.29, 1.82) is 0 Å². The van der Waals surface area contributed by atoms with E-state index in [9.17, 15) is 4.79 Å². The van der Waals surface area contributed by atoms with Crippen LogP contribution in [-0.2, 0) is 20.8 Å². The van der Waals surface area contributed by atoms with Gasteiger partial charge in [-0.2, -0.15) is 5.10 Å². The number of carbonyl (C=O) groups is 1. The molecular formula is C10H18N4O3. The van der Waals surface area contributed by atoms with Gasteiger partial charge in [-0.25, -0.2) is 0 Å². The topological polar surface area (TPSA) is 91.4 Å². The Bertz CT molecular complexity index is 362. The van der Waals surface area contributed by atoms with E-state index in [2.05, 4.69) is 10.4 Å². The van der Waals surface area contributed by atoms with Crippen LogP contribution in [0.1, 0.15) is 6.92 Å². The molecular weight excluding hydrogens is 224 g/mol. The second-order valence-corrected chi connectivity index (χ2v) is 3.67. The Kier molecular flexibility index (Phi) is 4.92. The van der Waals surface area contributed by atoms with Crippen molar-refractivity contribution in [2.45, 2.75) is 25.8 Å². The fraction of sp³-hybridized carbons (Fsp3) is 0.600. The highest BCUT2D eigenvalue weighted by atomic mass is 16.7. The minimum atomic E-state index is -0.431. The molecule has 0 aliphatic heterocycles. The summed E-state index contributed by atoms with van der Waals surface area (Å²) in [5, 5.41) is 7.14. The molecule has 1 aromatic rings. The van der Waals surface area contributed by atoms with Gasteiger partial charge in [-0.15, -0.1) is 0 Å². The lowest BCUT2D eigenvalue weighted by Gasteiger charge is -2.22. The molecule has 0 saturated heterocycles. The average Bonchev–Trinajstić information content (AvgIpc) is 2.66. The third-order valence-electron chi connectivity index (χ3n) is 2.22. The average molecular weight is 242 g/mol. The maximum absolute atomic E-state index is 10.7. The van der Waals surface area contributed by atoms with E-state index in [0.29, 0.717) is 0 Å². The Balaban J connectivity index is 2.56. The van der Waals surface area contributed by atoms with Crippen LogP contribution < -0.4 is 11.1 Å². The van der Waals surface area contributed by atoms with Crippen LogP contribution in [-0.4, -0.2) is 42.2 Å². The maximum atomic E-state index is 10.7. The summed E-state index contributed by atoms with van der Waals surface area (Å²) >= 11 is 0. The number of methoxy groups -OCH3 is 2. The standard InChI is InChI=1S/C10H18N4O3/c1-7(10(16-2)17-3)13-8-4-12-14(5-8)6-9(11)15/h4-5,7,10,13H,6H2,1-3H3,(H2,11,15). The second-order valence-electron chi connectivity index (χ2n) is 3.67. The highest BCUT2D eigenvalue weighted by Gasteiger charge is 2.15. The Morgan fingerprint density at radius 1 is 1.59 bits per heavy atom. The fourth-order valence-electron chi connectivity index (χ4n) is 1.52. The van der Waals surface area contributed by atoms with Crippen LogP contribution in [0.3, 0.4) is 0 Å². The highest BCUT2D eigenvalue weighted by Crippen LogP contribution is 2.10. The molecule has 0 aromatic carbocycles. The van der Waals surface area contributed by atoms with E-state index in [-0.39, 0.29) is 18.9 Å². The molecule has 1 atom stereocenters. The zero-order valence-corrected chi connectivity index (χ0v) is 10.2. The van der Waals surface area contributed by atoms with Gasteiger partial charge in [-0.3, -0.25) is 9.48 Å². The maximum Gasteiger partial charge on any atom is 0.239 e. The van der Waals surface area contributed by atoms with Gasteiger partial charge in [-0.1, -0.05) is 0 Å². The first-order valence-corrected chi connectivity index (χ1v) is 5.19. The summed E-state index contributed by atoms with van der Waals surface area (Å²) in [6.07, 6.45) is 2.96. The zero-order chi connectivity index (χ0) is 12.8. The number of amides is 1. The van der Waals surface area contributed by atoms with E-state index in [1.165, 1.54) is 4.68 Å². The van der Waals surface area contributed by atoms with Gasteiger partial charge in [0.25, 0.3) is 0 Å². The largest absolute Gasteiger partial charge is 0.375 e. The van der Waals surface area contributed by atoms with Gasteiger partial charge in [0, 0.05) is 20.4 Å². The zero-order valence-electron chi connectivity index (χ0n) is 10.2. The molecule has 17 heavy (non-hydrogen) atoms. The van der Waals surface area contributed by atoms with Crippen molar-refractivity contribution >= 4 is 11.6 Å². The predicted molar refractivity (Wildman–Crippen MR) is 62.3 cm³/mol. The number of nitrogens with two attached hydrogens (primary N) is 1. The van der Waals surface area contributed by atoms with Crippen LogP contribution in [0.25, 0.3) is 0 Å². The molecule has 0 aliphatic rings. The van der Waals surface area contributed by atoms with Crippen LogP contribution in [0.2, 0.25) is 0 Å². The van der Waals surface area contributed by atoms with Crippen molar-refractivity contribution in [2.24, 2.45) is 5.73 Å². The van der Waals surface area contributed by atoms with Crippen LogP contribution in [0, 0.1) is 0 Å². The Morgan fingerprint density at radius 3 is 2.76 bits per heavy atom. The normalized spacial score (nSPS) is 12.7. The lowest BCUT2D eigenvalue weighted by molar-refractivity contribution is -0.118. The molecule has 1 aromatic heterocycles. The number of aromatic nitrogens is 2. The number of carbonyl (C=O) groups excluding carboxylic acids is 1. The van der Waals surface area contributed by atoms with Gasteiger partial charge < -0.3 is 20.5 Å². The summed E-state index contributed by atoms with van der Waals surface area (Å²) < 4.78 is 11.7. The van der Waals surface area contributed by atoms with Gasteiger partial charge in [-0.05, 0) is 6.92 Å². The number of anilines is 1. The smallest absolute Gasteiger partial charge is 0.239 e. The van der Waals surface area contributed by atoms with Crippen molar-refractivity contribution in [3.63, 3.8) is 0 Å². The molecule has 7 nitrogen and oxygen atoms in total. The van der Waals surface area contributed by atoms with Gasteiger partial charge in [0.05, 0.1) is 17.9 Å². The molecule has 1 heterocycles. The lowest BCUT2D eigenvalue weighted by Crippen LogP contribution is -2.33. The molecule has 1 unspecified atom stereocenters. The quantitative estimate of drug-likeness (QED) is 0.645. The fourth-order valence-corrected chi connectivity index (χ4v) is 1.52. The van der Waals surface area contributed by atoms with Crippen molar-refractivity contribution < 1.29 is 14.3 Å². The summed E-state index contributed by atoms with van der Waals surface area (Å²) in [4.78, 5) is 10.7. The van der Waals surface area contributed by atoms with Crippen LogP contribution in [0.4, 0.5) is 5.69 Å². The third-order valence-corrected chi connectivity index (χ3v) is 2.22. The number of rotatable bonds is 7. The molecule has 0 spiro atoms. The van der Waals surface area contributed by atoms with Gasteiger partial charge >= 0.3 is 0 Å². The van der Waals surface area contributed by atoms with Crippen LogP contribution in [0.5, 0.6) is 0 Å². The van der Waals surface area contributed by atoms with E-state index in [1.807, 2.05) is 6.92 Å². The summed E-state index contributed by atoms with van der Waals surface area (Å²) in [7, 11) is 3.14. The number of nitrogens with zero attached hydrogens (tertiary/aromatic N) is 2. The predicted octanol–water partition coefficient (Wildman–Crippen LogP) is -0.212. The molecule has 1 amide bonds. The van der Waals surface area contributed by atoms with Crippen LogP contribution >= 0.6 is 0 Å².